The Morgan fingerprint density at radius 3 is 2.23 bits per heavy atom. The smallest absolute Gasteiger partial charge is 0.442 e. The zero-order valence-electron chi connectivity index (χ0n) is 19.0. The summed E-state index contributed by atoms with van der Waals surface area (Å²) >= 11 is 0. The first kappa shape index (κ1) is 24.0. The SMILES string of the molecule is COc1ccc(CN2C(=O)[C@](NC(=O)c3ccccc3C)(C(F)(F)F)N=C2c2ccccc2)cc1. The van der Waals surface area contributed by atoms with Gasteiger partial charge in [0.1, 0.15) is 11.6 Å². The molecule has 9 heteroatoms. The quantitative estimate of drug-likeness (QED) is 0.564. The second-order valence-electron chi connectivity index (χ2n) is 8.02. The summed E-state index contributed by atoms with van der Waals surface area (Å²) in [5.41, 5.74) is -2.11. The molecular weight excluding hydrogens is 459 g/mol. The van der Waals surface area contributed by atoms with Gasteiger partial charge in [-0.2, -0.15) is 13.2 Å². The fourth-order valence-electron chi connectivity index (χ4n) is 3.82. The number of nitrogens with one attached hydrogen (secondary N) is 1. The van der Waals surface area contributed by atoms with Crippen LogP contribution in [0, 0.1) is 6.92 Å². The zero-order valence-corrected chi connectivity index (χ0v) is 19.0. The first-order valence-corrected chi connectivity index (χ1v) is 10.7. The molecule has 0 aromatic heterocycles. The highest BCUT2D eigenvalue weighted by Gasteiger charge is 2.67. The average Bonchev–Trinajstić information content (AvgIpc) is 3.12. The molecule has 0 radical (unpaired) electrons. The van der Waals surface area contributed by atoms with Crippen LogP contribution in [0.4, 0.5) is 13.2 Å². The van der Waals surface area contributed by atoms with Crippen LogP contribution in [-0.4, -0.2) is 41.5 Å². The van der Waals surface area contributed by atoms with Crippen molar-refractivity contribution in [2.75, 3.05) is 7.11 Å². The Bertz CT molecular complexity index is 1270. The largest absolute Gasteiger partial charge is 0.497 e. The standard InChI is InChI=1S/C26H22F3N3O3/c1-17-8-6-7-11-21(17)23(33)31-25(26(27,28)29)24(34)32(16-18-12-14-20(35-2)15-13-18)22(30-25)19-9-4-3-5-10-19/h3-15H,16H2,1-2H3,(H,31,33)/t25-/m0/s1. The summed E-state index contributed by atoms with van der Waals surface area (Å²) in [6.45, 7) is 1.41. The van der Waals surface area contributed by atoms with Gasteiger partial charge in [0.2, 0.25) is 0 Å². The lowest BCUT2D eigenvalue weighted by Gasteiger charge is -2.29. The third-order valence-corrected chi connectivity index (χ3v) is 5.71. The van der Waals surface area contributed by atoms with Gasteiger partial charge in [-0.1, -0.05) is 60.7 Å². The predicted octanol–water partition coefficient (Wildman–Crippen LogP) is 4.48. The van der Waals surface area contributed by atoms with Crippen molar-refractivity contribution < 1.29 is 27.5 Å². The number of nitrogens with zero attached hydrogens (tertiary/aromatic N) is 2. The second kappa shape index (κ2) is 9.25. The number of ether oxygens (including phenoxy) is 1. The van der Waals surface area contributed by atoms with Crippen LogP contribution in [0.2, 0.25) is 0 Å². The molecule has 0 saturated carbocycles. The van der Waals surface area contributed by atoms with Crippen molar-refractivity contribution in [1.82, 2.24) is 10.2 Å². The van der Waals surface area contributed by atoms with E-state index in [1.54, 1.807) is 73.7 Å². The number of hydrogen-bond donors (Lipinski definition) is 1. The maximum absolute atomic E-state index is 14.6. The average molecular weight is 481 g/mol. The van der Waals surface area contributed by atoms with Crippen molar-refractivity contribution in [2.45, 2.75) is 25.3 Å². The number of amides is 2. The fraction of sp³-hybridized carbons (Fsp3) is 0.192. The molecular formula is C26H22F3N3O3. The lowest BCUT2D eigenvalue weighted by Crippen LogP contribution is -2.63. The van der Waals surface area contributed by atoms with E-state index >= 15 is 0 Å². The van der Waals surface area contributed by atoms with E-state index < -0.39 is 23.7 Å². The minimum Gasteiger partial charge on any atom is -0.497 e. The molecule has 0 bridgehead atoms. The molecule has 1 heterocycles. The van der Waals surface area contributed by atoms with Gasteiger partial charge in [0, 0.05) is 11.1 Å². The summed E-state index contributed by atoms with van der Waals surface area (Å²) < 4.78 is 48.8. The van der Waals surface area contributed by atoms with Crippen LogP contribution in [-0.2, 0) is 11.3 Å². The minimum atomic E-state index is -5.20. The van der Waals surface area contributed by atoms with E-state index in [0.717, 1.165) is 4.90 Å². The van der Waals surface area contributed by atoms with Crippen LogP contribution < -0.4 is 10.1 Å². The van der Waals surface area contributed by atoms with Crippen LogP contribution >= 0.6 is 0 Å². The molecule has 1 atom stereocenters. The lowest BCUT2D eigenvalue weighted by atomic mass is 10.1. The molecule has 0 aliphatic carbocycles. The lowest BCUT2D eigenvalue weighted by molar-refractivity contribution is -0.196. The molecule has 6 nitrogen and oxygen atoms in total. The van der Waals surface area contributed by atoms with E-state index in [-0.39, 0.29) is 17.9 Å². The second-order valence-corrected chi connectivity index (χ2v) is 8.02. The van der Waals surface area contributed by atoms with Crippen LogP contribution in [0.5, 0.6) is 5.75 Å². The number of carbonyl (C=O) groups excluding carboxylic acids is 2. The van der Waals surface area contributed by atoms with Crippen LogP contribution in [0.1, 0.15) is 27.0 Å². The Kier molecular flexibility index (Phi) is 6.34. The summed E-state index contributed by atoms with van der Waals surface area (Å²) in [4.78, 5) is 31.2. The highest BCUT2D eigenvalue weighted by molar-refractivity contribution is 6.16. The van der Waals surface area contributed by atoms with E-state index in [9.17, 15) is 22.8 Å². The van der Waals surface area contributed by atoms with Crippen molar-refractivity contribution in [2.24, 2.45) is 4.99 Å². The Morgan fingerprint density at radius 1 is 1.00 bits per heavy atom. The third kappa shape index (κ3) is 4.49. The van der Waals surface area contributed by atoms with E-state index in [2.05, 4.69) is 4.99 Å². The molecule has 2 amide bonds. The molecule has 1 N–H and O–H groups in total. The van der Waals surface area contributed by atoms with Gasteiger partial charge in [-0.15, -0.1) is 0 Å². The summed E-state index contributed by atoms with van der Waals surface area (Å²) in [5.74, 6) is -2.06. The monoisotopic (exact) mass is 481 g/mol. The Balaban J connectivity index is 1.79. The maximum atomic E-state index is 14.6. The van der Waals surface area contributed by atoms with E-state index in [1.807, 2.05) is 5.32 Å². The first-order chi connectivity index (χ1) is 16.7. The number of halogens is 3. The number of rotatable bonds is 6. The summed E-state index contributed by atoms with van der Waals surface area (Å²) in [6, 6.07) is 20.9. The topological polar surface area (TPSA) is 71.0 Å². The van der Waals surface area contributed by atoms with Gasteiger partial charge in [-0.3, -0.25) is 14.5 Å². The van der Waals surface area contributed by atoms with Gasteiger partial charge >= 0.3 is 11.8 Å². The number of methoxy groups -OCH3 is 1. The molecule has 1 aliphatic heterocycles. The molecule has 0 saturated heterocycles. The highest BCUT2D eigenvalue weighted by atomic mass is 19.4. The molecule has 3 aromatic rings. The Labute approximate surface area is 200 Å². The molecule has 4 rings (SSSR count). The molecule has 1 aliphatic rings. The minimum absolute atomic E-state index is 0.0222. The van der Waals surface area contributed by atoms with E-state index in [4.69, 9.17) is 4.74 Å². The van der Waals surface area contributed by atoms with Gasteiger partial charge in [0.25, 0.3) is 11.8 Å². The number of alkyl halides is 3. The molecule has 0 fully saturated rings. The van der Waals surface area contributed by atoms with Gasteiger partial charge in [0.15, 0.2) is 0 Å². The van der Waals surface area contributed by atoms with Crippen LogP contribution in [0.15, 0.2) is 83.9 Å². The fourth-order valence-corrected chi connectivity index (χ4v) is 3.82. The zero-order chi connectivity index (χ0) is 25.2. The Hall–Kier alpha value is -4.14. The van der Waals surface area contributed by atoms with E-state index in [0.29, 0.717) is 22.4 Å². The van der Waals surface area contributed by atoms with Gasteiger partial charge in [-0.25, -0.2) is 4.99 Å². The molecule has 180 valence electrons. The van der Waals surface area contributed by atoms with Crippen molar-refractivity contribution in [3.63, 3.8) is 0 Å². The van der Waals surface area contributed by atoms with Gasteiger partial charge < -0.3 is 10.1 Å². The van der Waals surface area contributed by atoms with Gasteiger partial charge in [-0.05, 0) is 36.2 Å². The molecule has 0 spiro atoms. The summed E-state index contributed by atoms with van der Waals surface area (Å²) in [5, 5.41) is 1.91. The highest BCUT2D eigenvalue weighted by Crippen LogP contribution is 2.39. The number of hydrogen-bond acceptors (Lipinski definition) is 4. The van der Waals surface area contributed by atoms with Crippen LogP contribution in [0.3, 0.4) is 0 Å². The normalized spacial score (nSPS) is 17.8. The third-order valence-electron chi connectivity index (χ3n) is 5.71. The maximum Gasteiger partial charge on any atom is 0.442 e. The van der Waals surface area contributed by atoms with Gasteiger partial charge in [0.05, 0.1) is 13.7 Å². The summed E-state index contributed by atoms with van der Waals surface area (Å²) in [6.07, 6.45) is -5.20. The van der Waals surface area contributed by atoms with Crippen LogP contribution in [0.25, 0.3) is 0 Å². The first-order valence-electron chi connectivity index (χ1n) is 10.7. The number of aliphatic imine (C=N–C) groups is 1. The molecule has 3 aromatic carbocycles. The number of amidine groups is 1. The van der Waals surface area contributed by atoms with Crippen molar-refractivity contribution in [1.29, 1.82) is 0 Å². The number of carbonyl (C=O) groups is 2. The molecule has 35 heavy (non-hydrogen) atoms. The number of benzene rings is 3. The molecule has 0 unspecified atom stereocenters. The number of aryl methyl sites for hydroxylation is 1. The van der Waals surface area contributed by atoms with Crippen molar-refractivity contribution in [3.05, 3.63) is 101 Å². The van der Waals surface area contributed by atoms with Crippen molar-refractivity contribution >= 4 is 17.6 Å². The summed E-state index contributed by atoms with van der Waals surface area (Å²) in [7, 11) is 1.49. The Morgan fingerprint density at radius 2 is 1.63 bits per heavy atom. The predicted molar refractivity (Wildman–Crippen MR) is 124 cm³/mol. The van der Waals surface area contributed by atoms with Crippen molar-refractivity contribution in [3.8, 4) is 5.75 Å². The van der Waals surface area contributed by atoms with E-state index in [1.165, 1.54) is 19.2 Å².